The summed E-state index contributed by atoms with van der Waals surface area (Å²) in [5.74, 6) is 1.41. The monoisotopic (exact) mass is 397 g/mol. The Morgan fingerprint density at radius 2 is 2.00 bits per heavy atom. The summed E-state index contributed by atoms with van der Waals surface area (Å²) in [6.45, 7) is 4.98. The lowest BCUT2D eigenvalue weighted by Gasteiger charge is -2.11. The summed E-state index contributed by atoms with van der Waals surface area (Å²) in [5.41, 5.74) is 0.252. The first kappa shape index (κ1) is 20.2. The van der Waals surface area contributed by atoms with Crippen LogP contribution in [-0.2, 0) is 19.7 Å². The fourth-order valence-corrected chi connectivity index (χ4v) is 3.19. The molecule has 1 N–H and O–H groups in total. The number of hydrogen-bond donors (Lipinski definition) is 1. The van der Waals surface area contributed by atoms with Crippen molar-refractivity contribution in [3.05, 3.63) is 50.4 Å². The number of ether oxygens (including phenoxy) is 2. The van der Waals surface area contributed by atoms with Crippen molar-refractivity contribution in [2.24, 2.45) is 0 Å². The number of benzene rings is 1. The third-order valence-electron chi connectivity index (χ3n) is 4.67. The minimum atomic E-state index is -0.464. The lowest BCUT2D eigenvalue weighted by atomic mass is 10.2. The summed E-state index contributed by atoms with van der Waals surface area (Å²) in [5, 5.41) is 9.02. The van der Waals surface area contributed by atoms with E-state index in [1.807, 2.05) is 13.8 Å². The number of imidazole rings is 1. The molecule has 0 saturated heterocycles. The van der Waals surface area contributed by atoms with Gasteiger partial charge in [0.1, 0.15) is 12.4 Å². The Hall–Kier alpha value is -3.54. The van der Waals surface area contributed by atoms with Gasteiger partial charge in [-0.3, -0.25) is 14.3 Å². The molecular formula is C20H23N5O4. The van der Waals surface area contributed by atoms with Gasteiger partial charge in [0.05, 0.1) is 18.7 Å². The molecule has 3 aromatic rings. The van der Waals surface area contributed by atoms with Crippen LogP contribution in [0.3, 0.4) is 0 Å². The molecule has 0 spiro atoms. The Morgan fingerprint density at radius 1 is 1.21 bits per heavy atom. The van der Waals surface area contributed by atoms with Gasteiger partial charge in [0.15, 0.2) is 22.7 Å². The SMILES string of the molecule is CCCCn1c(=O)[nH]c(=O)c2c1nc(COc1ccc(C#N)cc1OC)n2CC. The fourth-order valence-electron chi connectivity index (χ4n) is 3.19. The van der Waals surface area contributed by atoms with Crippen LogP contribution in [0.1, 0.15) is 38.1 Å². The van der Waals surface area contributed by atoms with E-state index in [-0.39, 0.29) is 6.61 Å². The minimum absolute atomic E-state index is 0.0756. The number of nitrogens with one attached hydrogen (secondary N) is 1. The molecule has 0 atom stereocenters. The second kappa shape index (κ2) is 8.65. The summed E-state index contributed by atoms with van der Waals surface area (Å²) >= 11 is 0. The molecule has 0 radical (unpaired) electrons. The summed E-state index contributed by atoms with van der Waals surface area (Å²) in [6, 6.07) is 6.92. The first-order chi connectivity index (χ1) is 14.0. The molecular weight excluding hydrogens is 374 g/mol. The highest BCUT2D eigenvalue weighted by Crippen LogP contribution is 2.28. The highest BCUT2D eigenvalue weighted by molar-refractivity contribution is 5.71. The van der Waals surface area contributed by atoms with E-state index in [9.17, 15) is 9.59 Å². The van der Waals surface area contributed by atoms with Crippen molar-refractivity contribution in [2.75, 3.05) is 7.11 Å². The molecule has 2 heterocycles. The maximum Gasteiger partial charge on any atom is 0.330 e. The second-order valence-electron chi connectivity index (χ2n) is 6.48. The van der Waals surface area contributed by atoms with Gasteiger partial charge < -0.3 is 14.0 Å². The van der Waals surface area contributed by atoms with Crippen molar-refractivity contribution in [2.45, 2.75) is 46.4 Å². The van der Waals surface area contributed by atoms with Crippen LogP contribution in [0.25, 0.3) is 11.2 Å². The van der Waals surface area contributed by atoms with Gasteiger partial charge in [-0.05, 0) is 25.5 Å². The Bertz CT molecular complexity index is 1180. The van der Waals surface area contributed by atoms with Crippen LogP contribution in [0.2, 0.25) is 0 Å². The van der Waals surface area contributed by atoms with Gasteiger partial charge in [-0.15, -0.1) is 0 Å². The van der Waals surface area contributed by atoms with Crippen LogP contribution < -0.4 is 20.7 Å². The normalized spacial score (nSPS) is 10.8. The van der Waals surface area contributed by atoms with Gasteiger partial charge in [-0.1, -0.05) is 13.3 Å². The molecule has 0 aliphatic rings. The van der Waals surface area contributed by atoms with Crippen LogP contribution in [0, 0.1) is 11.3 Å². The minimum Gasteiger partial charge on any atom is -0.493 e. The first-order valence-corrected chi connectivity index (χ1v) is 9.47. The number of aryl methyl sites for hydroxylation is 2. The molecule has 2 aromatic heterocycles. The van der Waals surface area contributed by atoms with Crippen molar-refractivity contribution in [3.63, 3.8) is 0 Å². The standard InChI is InChI=1S/C20H23N5O4/c1-4-6-9-25-18-17(19(26)23-20(25)27)24(5-2)16(22-18)12-29-14-8-7-13(11-21)10-15(14)28-3/h7-8,10H,4-6,9,12H2,1-3H3,(H,23,26,27). The number of methoxy groups -OCH3 is 1. The van der Waals surface area contributed by atoms with Gasteiger partial charge in [0.25, 0.3) is 5.56 Å². The molecule has 0 unspecified atom stereocenters. The van der Waals surface area contributed by atoms with Crippen LogP contribution in [-0.4, -0.2) is 26.2 Å². The largest absolute Gasteiger partial charge is 0.493 e. The third kappa shape index (κ3) is 3.87. The van der Waals surface area contributed by atoms with E-state index < -0.39 is 11.2 Å². The molecule has 0 bridgehead atoms. The summed E-state index contributed by atoms with van der Waals surface area (Å²) < 4.78 is 14.4. The maximum atomic E-state index is 12.4. The lowest BCUT2D eigenvalue weighted by Crippen LogP contribution is -2.31. The molecule has 9 nitrogen and oxygen atoms in total. The molecule has 0 amide bonds. The number of nitrogens with zero attached hydrogens (tertiary/aromatic N) is 4. The average molecular weight is 397 g/mol. The summed E-state index contributed by atoms with van der Waals surface area (Å²) in [7, 11) is 1.50. The Balaban J connectivity index is 2.02. The van der Waals surface area contributed by atoms with Gasteiger partial charge in [0, 0.05) is 19.2 Å². The molecule has 3 rings (SSSR count). The van der Waals surface area contributed by atoms with Crippen molar-refractivity contribution in [1.29, 1.82) is 5.26 Å². The van der Waals surface area contributed by atoms with Crippen molar-refractivity contribution < 1.29 is 9.47 Å². The second-order valence-corrected chi connectivity index (χ2v) is 6.48. The van der Waals surface area contributed by atoms with Gasteiger partial charge in [-0.2, -0.15) is 5.26 Å². The van der Waals surface area contributed by atoms with E-state index in [1.165, 1.54) is 11.7 Å². The number of aromatic amines is 1. The van der Waals surface area contributed by atoms with Crippen LogP contribution in [0.5, 0.6) is 11.5 Å². The van der Waals surface area contributed by atoms with Crippen molar-refractivity contribution in [1.82, 2.24) is 19.1 Å². The first-order valence-electron chi connectivity index (χ1n) is 9.47. The topological polar surface area (TPSA) is 115 Å². The van der Waals surface area contributed by atoms with E-state index in [0.717, 1.165) is 12.8 Å². The maximum absolute atomic E-state index is 12.4. The van der Waals surface area contributed by atoms with Gasteiger partial charge in [0.2, 0.25) is 0 Å². The van der Waals surface area contributed by atoms with Crippen molar-refractivity contribution >= 4 is 11.2 Å². The predicted octanol–water partition coefficient (Wildman–Crippen LogP) is 2.17. The molecule has 152 valence electrons. The van der Waals surface area contributed by atoms with Crippen LogP contribution >= 0.6 is 0 Å². The third-order valence-corrected chi connectivity index (χ3v) is 4.67. The highest BCUT2D eigenvalue weighted by atomic mass is 16.5. The average Bonchev–Trinajstić information content (AvgIpc) is 3.10. The molecule has 0 aliphatic carbocycles. The number of rotatable bonds is 8. The Morgan fingerprint density at radius 3 is 2.66 bits per heavy atom. The van der Waals surface area contributed by atoms with E-state index in [0.29, 0.717) is 47.1 Å². The van der Waals surface area contributed by atoms with E-state index in [2.05, 4.69) is 16.0 Å². The lowest BCUT2D eigenvalue weighted by molar-refractivity contribution is 0.272. The molecule has 1 aromatic carbocycles. The molecule has 0 saturated carbocycles. The van der Waals surface area contributed by atoms with E-state index in [4.69, 9.17) is 14.7 Å². The zero-order valence-corrected chi connectivity index (χ0v) is 16.7. The van der Waals surface area contributed by atoms with Crippen LogP contribution in [0.15, 0.2) is 27.8 Å². The number of aromatic nitrogens is 4. The highest BCUT2D eigenvalue weighted by Gasteiger charge is 2.18. The quantitative estimate of drug-likeness (QED) is 0.623. The van der Waals surface area contributed by atoms with Gasteiger partial charge >= 0.3 is 5.69 Å². The van der Waals surface area contributed by atoms with Crippen LogP contribution in [0.4, 0.5) is 0 Å². The van der Waals surface area contributed by atoms with E-state index >= 15 is 0 Å². The van der Waals surface area contributed by atoms with Crippen molar-refractivity contribution in [3.8, 4) is 17.6 Å². The molecule has 0 fully saturated rings. The number of unbranched alkanes of at least 4 members (excludes halogenated alkanes) is 1. The summed E-state index contributed by atoms with van der Waals surface area (Å²) in [4.78, 5) is 31.7. The number of hydrogen-bond acceptors (Lipinski definition) is 6. The zero-order chi connectivity index (χ0) is 21.0. The Kier molecular flexibility index (Phi) is 6.02. The number of nitriles is 1. The fraction of sp³-hybridized carbons (Fsp3) is 0.400. The smallest absolute Gasteiger partial charge is 0.330 e. The molecule has 29 heavy (non-hydrogen) atoms. The van der Waals surface area contributed by atoms with E-state index in [1.54, 1.807) is 22.8 Å². The molecule has 9 heteroatoms. The molecule has 0 aliphatic heterocycles. The Labute approximate surface area is 167 Å². The number of fused-ring (bicyclic) bond motifs is 1. The van der Waals surface area contributed by atoms with Gasteiger partial charge in [-0.25, -0.2) is 9.78 Å². The summed E-state index contributed by atoms with van der Waals surface area (Å²) in [6.07, 6.45) is 1.71. The predicted molar refractivity (Wildman–Crippen MR) is 107 cm³/mol. The zero-order valence-electron chi connectivity index (χ0n) is 16.7. The number of H-pyrrole nitrogens is 1.